The summed E-state index contributed by atoms with van der Waals surface area (Å²) in [5, 5.41) is 9.01. The molecular weight excluding hydrogens is 256 g/mol. The van der Waals surface area contributed by atoms with Crippen molar-refractivity contribution in [2.45, 2.75) is 45.5 Å². The van der Waals surface area contributed by atoms with Gasteiger partial charge in [0, 0.05) is 18.1 Å². The van der Waals surface area contributed by atoms with Gasteiger partial charge in [0.05, 0.1) is 6.10 Å². The molecule has 0 radical (unpaired) electrons. The van der Waals surface area contributed by atoms with Gasteiger partial charge in [-0.2, -0.15) is 0 Å². The van der Waals surface area contributed by atoms with Crippen molar-refractivity contribution in [2.24, 2.45) is 17.3 Å². The highest BCUT2D eigenvalue weighted by molar-refractivity contribution is 5.85. The Morgan fingerprint density at radius 3 is 2.90 bits per heavy atom. The predicted octanol–water partition coefficient (Wildman–Crippen LogP) is 2.75. The van der Waals surface area contributed by atoms with Gasteiger partial charge in [-0.15, -0.1) is 0 Å². The second kappa shape index (κ2) is 4.71. The van der Waals surface area contributed by atoms with Gasteiger partial charge in [0.25, 0.3) is 0 Å². The molecule has 2 aliphatic carbocycles. The lowest BCUT2D eigenvalue weighted by molar-refractivity contribution is -0.214. The second-order valence-electron chi connectivity index (χ2n) is 6.38. The fraction of sp³-hybridized carbons (Fsp3) is 0.688. The standard InChI is InChI=1S/C16H22O4/c1-9-4-5-11-7-13(9)16(11)8-12(20-15(16)19-3)6-10(2)14(17)18/h4,6,11-13,15H,5,7-8H2,1-3H3,(H,17,18)/t11?,12-,13?,15-,16?/m1/s1. The van der Waals surface area contributed by atoms with Crippen LogP contribution in [-0.4, -0.2) is 30.6 Å². The van der Waals surface area contributed by atoms with E-state index in [0.29, 0.717) is 17.4 Å². The lowest BCUT2D eigenvalue weighted by Crippen LogP contribution is -2.56. The molecule has 0 aromatic rings. The maximum absolute atomic E-state index is 11.0. The number of allylic oxidation sites excluding steroid dienone is 2. The van der Waals surface area contributed by atoms with Crippen LogP contribution in [0.3, 0.4) is 0 Å². The molecule has 5 atom stereocenters. The molecule has 1 N–H and O–H groups in total. The molecule has 1 spiro atoms. The van der Waals surface area contributed by atoms with E-state index >= 15 is 0 Å². The first-order valence-corrected chi connectivity index (χ1v) is 7.25. The van der Waals surface area contributed by atoms with Crippen LogP contribution in [0, 0.1) is 17.3 Å². The maximum Gasteiger partial charge on any atom is 0.331 e. The van der Waals surface area contributed by atoms with Crippen LogP contribution in [-0.2, 0) is 14.3 Å². The van der Waals surface area contributed by atoms with E-state index in [0.717, 1.165) is 12.8 Å². The first kappa shape index (κ1) is 13.8. The first-order chi connectivity index (χ1) is 9.49. The molecule has 1 saturated carbocycles. The summed E-state index contributed by atoms with van der Waals surface area (Å²) in [4.78, 5) is 11.0. The highest BCUT2D eigenvalue weighted by Crippen LogP contribution is 2.66. The molecule has 3 aliphatic rings. The van der Waals surface area contributed by atoms with Crippen LogP contribution >= 0.6 is 0 Å². The van der Waals surface area contributed by atoms with E-state index in [1.807, 2.05) is 0 Å². The first-order valence-electron chi connectivity index (χ1n) is 7.25. The lowest BCUT2D eigenvalue weighted by atomic mass is 9.46. The molecule has 3 rings (SSSR count). The second-order valence-corrected chi connectivity index (χ2v) is 6.38. The van der Waals surface area contributed by atoms with Gasteiger partial charge in [-0.1, -0.05) is 11.6 Å². The third-order valence-electron chi connectivity index (χ3n) is 5.48. The fourth-order valence-corrected chi connectivity index (χ4v) is 4.41. The Hall–Kier alpha value is -1.13. The van der Waals surface area contributed by atoms with Crippen molar-refractivity contribution in [1.29, 1.82) is 0 Å². The molecule has 0 amide bonds. The van der Waals surface area contributed by atoms with E-state index in [2.05, 4.69) is 13.0 Å². The Bertz CT molecular complexity index is 493. The minimum absolute atomic E-state index is 0.0630. The molecule has 2 bridgehead atoms. The number of methoxy groups -OCH3 is 1. The molecule has 0 aromatic heterocycles. The molecule has 2 fully saturated rings. The van der Waals surface area contributed by atoms with Crippen molar-refractivity contribution in [3.05, 3.63) is 23.3 Å². The van der Waals surface area contributed by atoms with Crippen LogP contribution in [0.4, 0.5) is 0 Å². The van der Waals surface area contributed by atoms with Crippen molar-refractivity contribution in [2.75, 3.05) is 7.11 Å². The van der Waals surface area contributed by atoms with Gasteiger partial charge < -0.3 is 14.6 Å². The number of carboxylic acids is 1. The lowest BCUT2D eigenvalue weighted by Gasteiger charge is -2.59. The van der Waals surface area contributed by atoms with Crippen LogP contribution in [0.15, 0.2) is 23.3 Å². The van der Waals surface area contributed by atoms with Gasteiger partial charge >= 0.3 is 5.97 Å². The quantitative estimate of drug-likeness (QED) is 0.637. The average molecular weight is 278 g/mol. The SMILES string of the molecule is CO[C@@H]1O[C@H](C=C(C)C(=O)O)CC12C1CC=C(C)C2C1. The zero-order valence-corrected chi connectivity index (χ0v) is 12.3. The number of rotatable bonds is 3. The Labute approximate surface area is 119 Å². The van der Waals surface area contributed by atoms with Gasteiger partial charge in [0.1, 0.15) is 0 Å². The molecule has 3 unspecified atom stereocenters. The largest absolute Gasteiger partial charge is 0.478 e. The van der Waals surface area contributed by atoms with E-state index in [9.17, 15) is 4.79 Å². The van der Waals surface area contributed by atoms with Crippen LogP contribution in [0.2, 0.25) is 0 Å². The van der Waals surface area contributed by atoms with E-state index in [-0.39, 0.29) is 17.8 Å². The van der Waals surface area contributed by atoms with Gasteiger partial charge in [-0.25, -0.2) is 4.79 Å². The molecule has 1 heterocycles. The summed E-state index contributed by atoms with van der Waals surface area (Å²) in [5.41, 5.74) is 1.85. The van der Waals surface area contributed by atoms with E-state index in [1.54, 1.807) is 20.1 Å². The monoisotopic (exact) mass is 278 g/mol. The summed E-state index contributed by atoms with van der Waals surface area (Å²) < 4.78 is 11.6. The number of hydrogen-bond donors (Lipinski definition) is 1. The molecule has 0 aromatic carbocycles. The minimum Gasteiger partial charge on any atom is -0.478 e. The van der Waals surface area contributed by atoms with Crippen LogP contribution in [0.1, 0.15) is 33.1 Å². The summed E-state index contributed by atoms with van der Waals surface area (Å²) in [7, 11) is 1.69. The van der Waals surface area contributed by atoms with Gasteiger partial charge in [-0.05, 0) is 51.0 Å². The molecule has 4 nitrogen and oxygen atoms in total. The third kappa shape index (κ3) is 1.78. The van der Waals surface area contributed by atoms with Crippen molar-refractivity contribution < 1.29 is 19.4 Å². The summed E-state index contributed by atoms with van der Waals surface area (Å²) in [6.07, 6.45) is 6.90. The molecule has 4 heteroatoms. The van der Waals surface area contributed by atoms with Crippen molar-refractivity contribution >= 4 is 5.97 Å². The summed E-state index contributed by atoms with van der Waals surface area (Å²) in [6, 6.07) is 0. The molecule has 1 saturated heterocycles. The van der Waals surface area contributed by atoms with Crippen molar-refractivity contribution in [3.63, 3.8) is 0 Å². The third-order valence-corrected chi connectivity index (χ3v) is 5.48. The molecule has 20 heavy (non-hydrogen) atoms. The highest BCUT2D eigenvalue weighted by Gasteiger charge is 2.65. The Morgan fingerprint density at radius 1 is 1.60 bits per heavy atom. The molecular formula is C16H22O4. The summed E-state index contributed by atoms with van der Waals surface area (Å²) in [6.45, 7) is 3.81. The van der Waals surface area contributed by atoms with Gasteiger partial charge in [0.2, 0.25) is 0 Å². The molecule has 110 valence electrons. The number of aliphatic carboxylic acids is 1. The van der Waals surface area contributed by atoms with E-state index in [1.165, 1.54) is 12.0 Å². The number of hydrogen-bond acceptors (Lipinski definition) is 3. The van der Waals surface area contributed by atoms with Crippen LogP contribution < -0.4 is 0 Å². The highest BCUT2D eigenvalue weighted by atomic mass is 16.7. The fourth-order valence-electron chi connectivity index (χ4n) is 4.41. The number of carbonyl (C=O) groups is 1. The van der Waals surface area contributed by atoms with Gasteiger partial charge in [-0.3, -0.25) is 0 Å². The zero-order chi connectivity index (χ0) is 14.5. The summed E-state index contributed by atoms with van der Waals surface area (Å²) in [5.74, 6) is 0.271. The van der Waals surface area contributed by atoms with Crippen LogP contribution in [0.5, 0.6) is 0 Å². The predicted molar refractivity (Wildman–Crippen MR) is 74.1 cm³/mol. The maximum atomic E-state index is 11.0. The average Bonchev–Trinajstić information content (AvgIpc) is 2.79. The molecule has 1 aliphatic heterocycles. The van der Waals surface area contributed by atoms with Gasteiger partial charge in [0.15, 0.2) is 6.29 Å². The Kier molecular flexibility index (Phi) is 3.26. The van der Waals surface area contributed by atoms with Crippen LogP contribution in [0.25, 0.3) is 0 Å². The summed E-state index contributed by atoms with van der Waals surface area (Å²) >= 11 is 0. The topological polar surface area (TPSA) is 55.8 Å². The Balaban J connectivity index is 1.85. The number of ether oxygens (including phenoxy) is 2. The van der Waals surface area contributed by atoms with Crippen molar-refractivity contribution in [1.82, 2.24) is 0 Å². The number of carboxylic acid groups (broad SMARTS) is 1. The van der Waals surface area contributed by atoms with E-state index < -0.39 is 5.97 Å². The minimum atomic E-state index is -0.881. The normalized spacial score (nSPS) is 43.4. The smallest absolute Gasteiger partial charge is 0.331 e. The van der Waals surface area contributed by atoms with Crippen molar-refractivity contribution in [3.8, 4) is 0 Å². The Morgan fingerprint density at radius 2 is 2.35 bits per heavy atom. The van der Waals surface area contributed by atoms with E-state index in [4.69, 9.17) is 14.6 Å². The zero-order valence-electron chi connectivity index (χ0n) is 12.3.